The van der Waals surface area contributed by atoms with Crippen molar-refractivity contribution in [3.8, 4) is 17.6 Å². The maximum absolute atomic E-state index is 8.94. The number of nitriles is 1. The van der Waals surface area contributed by atoms with E-state index in [0.717, 1.165) is 5.56 Å². The van der Waals surface area contributed by atoms with Gasteiger partial charge in [-0.2, -0.15) is 5.26 Å². The average molecular weight is 244 g/mol. The summed E-state index contributed by atoms with van der Waals surface area (Å²) in [6.45, 7) is 1.91. The Bertz CT molecular complexity index is 587. The van der Waals surface area contributed by atoms with Gasteiger partial charge in [0.2, 0.25) is 0 Å². The van der Waals surface area contributed by atoms with Crippen LogP contribution < -0.4 is 4.74 Å². The van der Waals surface area contributed by atoms with E-state index < -0.39 is 0 Å². The van der Waals surface area contributed by atoms with Crippen LogP contribution in [-0.4, -0.2) is 0 Å². The van der Waals surface area contributed by atoms with Gasteiger partial charge in [-0.3, -0.25) is 0 Å². The summed E-state index contributed by atoms with van der Waals surface area (Å²) in [5, 5.41) is 9.64. The van der Waals surface area contributed by atoms with Crippen molar-refractivity contribution in [1.82, 2.24) is 0 Å². The van der Waals surface area contributed by atoms with Crippen LogP contribution in [0.25, 0.3) is 0 Å². The molecule has 0 radical (unpaired) electrons. The highest BCUT2D eigenvalue weighted by molar-refractivity contribution is 6.31. The van der Waals surface area contributed by atoms with E-state index in [1.807, 2.05) is 19.1 Å². The highest BCUT2D eigenvalue weighted by Gasteiger charge is 2.04. The number of ether oxygens (including phenoxy) is 1. The molecule has 2 rings (SSSR count). The Morgan fingerprint density at radius 2 is 1.94 bits per heavy atom. The van der Waals surface area contributed by atoms with Gasteiger partial charge in [-0.15, -0.1) is 0 Å². The van der Waals surface area contributed by atoms with E-state index in [0.29, 0.717) is 22.1 Å². The minimum Gasteiger partial charge on any atom is -0.456 e. The van der Waals surface area contributed by atoms with Gasteiger partial charge in [0.05, 0.1) is 5.56 Å². The van der Waals surface area contributed by atoms with E-state index in [1.54, 1.807) is 30.3 Å². The Hall–Kier alpha value is -1.98. The molecule has 0 saturated carbocycles. The topological polar surface area (TPSA) is 33.0 Å². The van der Waals surface area contributed by atoms with E-state index in [9.17, 15) is 0 Å². The molecule has 17 heavy (non-hydrogen) atoms. The van der Waals surface area contributed by atoms with Gasteiger partial charge in [0.15, 0.2) is 0 Å². The van der Waals surface area contributed by atoms with Crippen molar-refractivity contribution in [2.45, 2.75) is 6.92 Å². The van der Waals surface area contributed by atoms with Crippen molar-refractivity contribution in [3.63, 3.8) is 0 Å². The van der Waals surface area contributed by atoms with Crippen molar-refractivity contribution in [2.75, 3.05) is 0 Å². The lowest BCUT2D eigenvalue weighted by Gasteiger charge is -2.08. The Morgan fingerprint density at radius 3 is 2.65 bits per heavy atom. The van der Waals surface area contributed by atoms with Crippen molar-refractivity contribution in [1.29, 1.82) is 5.26 Å². The van der Waals surface area contributed by atoms with Crippen LogP contribution in [-0.2, 0) is 0 Å². The molecule has 0 aliphatic rings. The highest BCUT2D eigenvalue weighted by Crippen LogP contribution is 2.27. The molecule has 0 fully saturated rings. The zero-order valence-corrected chi connectivity index (χ0v) is 10.0. The van der Waals surface area contributed by atoms with Gasteiger partial charge in [-0.05, 0) is 42.8 Å². The molecule has 2 nitrogen and oxygen atoms in total. The van der Waals surface area contributed by atoms with E-state index in [1.165, 1.54) is 0 Å². The third kappa shape index (κ3) is 2.58. The predicted octanol–water partition coefficient (Wildman–Crippen LogP) is 4.31. The molecule has 0 bridgehead atoms. The zero-order valence-electron chi connectivity index (χ0n) is 9.27. The maximum atomic E-state index is 8.94. The second-order valence-electron chi connectivity index (χ2n) is 3.62. The first-order valence-electron chi connectivity index (χ1n) is 5.14. The van der Waals surface area contributed by atoms with Crippen molar-refractivity contribution in [2.24, 2.45) is 0 Å². The highest BCUT2D eigenvalue weighted by atomic mass is 35.5. The Balaban J connectivity index is 2.32. The fourth-order valence-electron chi connectivity index (χ4n) is 1.46. The van der Waals surface area contributed by atoms with Crippen molar-refractivity contribution in [3.05, 3.63) is 58.6 Å². The van der Waals surface area contributed by atoms with Crippen LogP contribution in [0.4, 0.5) is 0 Å². The average Bonchev–Trinajstić information content (AvgIpc) is 2.34. The van der Waals surface area contributed by atoms with Gasteiger partial charge in [-0.1, -0.05) is 23.7 Å². The lowest BCUT2D eigenvalue weighted by Crippen LogP contribution is -1.88. The Labute approximate surface area is 105 Å². The smallest absolute Gasteiger partial charge is 0.145 e. The number of nitrogens with zero attached hydrogens (tertiary/aromatic N) is 1. The lowest BCUT2D eigenvalue weighted by atomic mass is 10.2. The standard InChI is InChI=1S/C14H10ClNO/c1-10-8-12(6-7-13(10)15)17-14-5-3-2-4-11(14)9-16/h2-8H,1H3. The monoisotopic (exact) mass is 243 g/mol. The Kier molecular flexibility index (Phi) is 3.32. The predicted molar refractivity (Wildman–Crippen MR) is 67.4 cm³/mol. The summed E-state index contributed by atoms with van der Waals surface area (Å²) >= 11 is 5.93. The summed E-state index contributed by atoms with van der Waals surface area (Å²) in [5.41, 5.74) is 1.46. The first kappa shape index (κ1) is 11.5. The quantitative estimate of drug-likeness (QED) is 0.787. The molecule has 0 amide bonds. The third-order valence-corrected chi connectivity index (χ3v) is 2.79. The SMILES string of the molecule is Cc1cc(Oc2ccccc2C#N)ccc1Cl. The van der Waals surface area contributed by atoms with Gasteiger partial charge in [0.25, 0.3) is 0 Å². The summed E-state index contributed by atoms with van der Waals surface area (Å²) in [6, 6.07) is 14.6. The minimum atomic E-state index is 0.514. The number of halogens is 1. The van der Waals surface area contributed by atoms with Crippen LogP contribution in [0.5, 0.6) is 11.5 Å². The molecule has 0 saturated heterocycles. The number of benzene rings is 2. The first-order chi connectivity index (χ1) is 8.20. The fraction of sp³-hybridized carbons (Fsp3) is 0.0714. The number of rotatable bonds is 2. The number of hydrogen-bond donors (Lipinski definition) is 0. The molecule has 0 heterocycles. The van der Waals surface area contributed by atoms with Crippen LogP contribution in [0.1, 0.15) is 11.1 Å². The molecular formula is C14H10ClNO. The zero-order chi connectivity index (χ0) is 12.3. The number of aryl methyl sites for hydroxylation is 1. The van der Waals surface area contributed by atoms with E-state index in [-0.39, 0.29) is 0 Å². The van der Waals surface area contributed by atoms with Crippen molar-refractivity contribution < 1.29 is 4.74 Å². The molecule has 0 atom stereocenters. The molecular weight excluding hydrogens is 234 g/mol. The van der Waals surface area contributed by atoms with Gasteiger partial charge in [0.1, 0.15) is 17.6 Å². The minimum absolute atomic E-state index is 0.514. The van der Waals surface area contributed by atoms with Crippen molar-refractivity contribution >= 4 is 11.6 Å². The van der Waals surface area contributed by atoms with E-state index in [2.05, 4.69) is 6.07 Å². The van der Waals surface area contributed by atoms with E-state index >= 15 is 0 Å². The molecule has 2 aromatic rings. The van der Waals surface area contributed by atoms with Crippen LogP contribution in [0, 0.1) is 18.3 Å². The number of hydrogen-bond acceptors (Lipinski definition) is 2. The molecule has 0 aromatic heterocycles. The van der Waals surface area contributed by atoms with Gasteiger partial charge < -0.3 is 4.74 Å². The summed E-state index contributed by atoms with van der Waals surface area (Å²) in [4.78, 5) is 0. The van der Waals surface area contributed by atoms with Crippen LogP contribution in [0.2, 0.25) is 5.02 Å². The normalized spacial score (nSPS) is 9.71. The first-order valence-corrected chi connectivity index (χ1v) is 5.51. The van der Waals surface area contributed by atoms with Crippen LogP contribution in [0.3, 0.4) is 0 Å². The molecule has 0 aliphatic carbocycles. The number of para-hydroxylation sites is 1. The largest absolute Gasteiger partial charge is 0.456 e. The molecule has 0 N–H and O–H groups in total. The van der Waals surface area contributed by atoms with Crippen LogP contribution in [0.15, 0.2) is 42.5 Å². The van der Waals surface area contributed by atoms with E-state index in [4.69, 9.17) is 21.6 Å². The molecule has 0 spiro atoms. The van der Waals surface area contributed by atoms with Gasteiger partial charge in [-0.25, -0.2) is 0 Å². The molecule has 0 unspecified atom stereocenters. The van der Waals surface area contributed by atoms with Crippen LogP contribution >= 0.6 is 11.6 Å². The second-order valence-corrected chi connectivity index (χ2v) is 4.03. The fourth-order valence-corrected chi connectivity index (χ4v) is 1.57. The summed E-state index contributed by atoms with van der Waals surface area (Å²) in [5.74, 6) is 1.23. The van der Waals surface area contributed by atoms with Gasteiger partial charge in [0, 0.05) is 5.02 Å². The molecule has 2 aromatic carbocycles. The van der Waals surface area contributed by atoms with Gasteiger partial charge >= 0.3 is 0 Å². The summed E-state index contributed by atoms with van der Waals surface area (Å²) < 4.78 is 5.66. The molecule has 84 valence electrons. The Morgan fingerprint density at radius 1 is 1.18 bits per heavy atom. The lowest BCUT2D eigenvalue weighted by molar-refractivity contribution is 0.480. The summed E-state index contributed by atoms with van der Waals surface area (Å²) in [7, 11) is 0. The second kappa shape index (κ2) is 4.90. The third-order valence-electron chi connectivity index (χ3n) is 2.36. The molecule has 0 aliphatic heterocycles. The molecule has 3 heteroatoms. The maximum Gasteiger partial charge on any atom is 0.145 e. The summed E-state index contributed by atoms with van der Waals surface area (Å²) in [6.07, 6.45) is 0.